The van der Waals surface area contributed by atoms with Crippen LogP contribution < -0.4 is 11.1 Å². The maximum Gasteiger partial charge on any atom is 0.237 e. The van der Waals surface area contributed by atoms with Gasteiger partial charge in [-0.1, -0.05) is 6.07 Å². The minimum absolute atomic E-state index is 0.244. The van der Waals surface area contributed by atoms with Crippen molar-refractivity contribution in [2.45, 2.75) is 18.8 Å². The van der Waals surface area contributed by atoms with Gasteiger partial charge in [-0.15, -0.1) is 0 Å². The summed E-state index contributed by atoms with van der Waals surface area (Å²) in [6.45, 7) is 0. The number of hydrogen-bond donors (Lipinski definition) is 2. The molecule has 6 nitrogen and oxygen atoms in total. The van der Waals surface area contributed by atoms with E-state index in [9.17, 15) is 9.59 Å². The largest absolute Gasteiger partial charge is 0.398 e. The van der Waals surface area contributed by atoms with Crippen LogP contribution in [-0.2, 0) is 9.59 Å². The Balaban J connectivity index is 2.02. The minimum atomic E-state index is -0.469. The minimum Gasteiger partial charge on any atom is -0.398 e. The third-order valence-electron chi connectivity index (χ3n) is 3.23. The van der Waals surface area contributed by atoms with Gasteiger partial charge in [0.2, 0.25) is 11.8 Å². The van der Waals surface area contributed by atoms with E-state index in [4.69, 9.17) is 5.73 Å². The number of aromatic nitrogens is 2. The monoisotopic (exact) mass is 256 g/mol. The van der Waals surface area contributed by atoms with Crippen LogP contribution in [0.25, 0.3) is 10.9 Å². The Bertz CT molecular complexity index is 683. The van der Waals surface area contributed by atoms with Crippen LogP contribution in [0.5, 0.6) is 0 Å². The Morgan fingerprint density at radius 2 is 2.16 bits per heavy atom. The molecule has 2 aromatic rings. The zero-order chi connectivity index (χ0) is 13.4. The highest BCUT2D eigenvalue weighted by atomic mass is 16.2. The second kappa shape index (κ2) is 4.31. The number of imide groups is 1. The second-order valence-corrected chi connectivity index (χ2v) is 4.51. The molecule has 96 valence electrons. The van der Waals surface area contributed by atoms with Crippen molar-refractivity contribution in [2.24, 2.45) is 0 Å². The lowest BCUT2D eigenvalue weighted by atomic mass is 9.97. The first-order valence-electron chi connectivity index (χ1n) is 6.00. The summed E-state index contributed by atoms with van der Waals surface area (Å²) in [7, 11) is 0. The number of fused-ring (bicyclic) bond motifs is 1. The van der Waals surface area contributed by atoms with Crippen LogP contribution in [0.1, 0.15) is 24.6 Å². The zero-order valence-electron chi connectivity index (χ0n) is 10.1. The first kappa shape index (κ1) is 11.6. The van der Waals surface area contributed by atoms with Gasteiger partial charge in [0.15, 0.2) is 0 Å². The van der Waals surface area contributed by atoms with Crippen LogP contribution in [0.4, 0.5) is 5.69 Å². The summed E-state index contributed by atoms with van der Waals surface area (Å²) in [5, 5.41) is 3.07. The lowest BCUT2D eigenvalue weighted by Crippen LogP contribution is -2.40. The number of benzene rings is 1. The molecule has 1 fully saturated rings. The van der Waals surface area contributed by atoms with E-state index in [0.717, 1.165) is 5.39 Å². The van der Waals surface area contributed by atoms with E-state index < -0.39 is 5.92 Å². The van der Waals surface area contributed by atoms with Gasteiger partial charge in [0.25, 0.3) is 0 Å². The van der Waals surface area contributed by atoms with Gasteiger partial charge in [-0.2, -0.15) is 0 Å². The van der Waals surface area contributed by atoms with E-state index >= 15 is 0 Å². The Morgan fingerprint density at radius 1 is 1.32 bits per heavy atom. The molecule has 2 heterocycles. The van der Waals surface area contributed by atoms with Crippen LogP contribution >= 0.6 is 0 Å². The third-order valence-corrected chi connectivity index (χ3v) is 3.23. The normalized spacial score (nSPS) is 19.5. The van der Waals surface area contributed by atoms with Crippen molar-refractivity contribution in [3.05, 3.63) is 30.2 Å². The molecule has 1 unspecified atom stereocenters. The molecule has 1 atom stereocenters. The van der Waals surface area contributed by atoms with Gasteiger partial charge in [0, 0.05) is 23.7 Å². The summed E-state index contributed by atoms with van der Waals surface area (Å²) in [4.78, 5) is 31.5. The SMILES string of the molecule is Nc1cccc2nc(C3CCC(=O)NC3=O)ncc12. The molecule has 3 rings (SSSR count). The Kier molecular flexibility index (Phi) is 2.63. The number of nitrogens with two attached hydrogens (primary N) is 1. The van der Waals surface area contributed by atoms with E-state index in [1.54, 1.807) is 18.3 Å². The van der Waals surface area contributed by atoms with E-state index in [-0.39, 0.29) is 11.8 Å². The summed E-state index contributed by atoms with van der Waals surface area (Å²) in [6, 6.07) is 5.40. The molecule has 0 spiro atoms. The van der Waals surface area contributed by atoms with Gasteiger partial charge in [0.1, 0.15) is 5.82 Å². The fourth-order valence-corrected chi connectivity index (χ4v) is 2.20. The number of amides is 2. The highest BCUT2D eigenvalue weighted by Crippen LogP contribution is 2.24. The maximum absolute atomic E-state index is 11.8. The molecule has 3 N–H and O–H groups in total. The Hall–Kier alpha value is -2.50. The van der Waals surface area contributed by atoms with Gasteiger partial charge in [-0.25, -0.2) is 9.97 Å². The van der Waals surface area contributed by atoms with Crippen molar-refractivity contribution >= 4 is 28.4 Å². The zero-order valence-corrected chi connectivity index (χ0v) is 10.1. The van der Waals surface area contributed by atoms with Crippen molar-refractivity contribution in [1.29, 1.82) is 0 Å². The summed E-state index contributed by atoms with van der Waals surface area (Å²) in [5.74, 6) is -0.614. The van der Waals surface area contributed by atoms with Crippen LogP contribution in [0.15, 0.2) is 24.4 Å². The van der Waals surface area contributed by atoms with E-state index in [1.165, 1.54) is 0 Å². The number of nitrogen functional groups attached to an aromatic ring is 1. The van der Waals surface area contributed by atoms with Gasteiger partial charge in [0.05, 0.1) is 11.4 Å². The predicted octanol–water partition coefficient (Wildman–Crippen LogP) is 0.732. The van der Waals surface area contributed by atoms with Crippen molar-refractivity contribution in [3.8, 4) is 0 Å². The van der Waals surface area contributed by atoms with Crippen LogP contribution in [0.2, 0.25) is 0 Å². The molecule has 1 aromatic heterocycles. The Labute approximate surface area is 109 Å². The molecular formula is C13H12N4O2. The quantitative estimate of drug-likeness (QED) is 0.579. The average Bonchev–Trinajstić information content (AvgIpc) is 2.38. The average molecular weight is 256 g/mol. The van der Waals surface area contributed by atoms with Crippen molar-refractivity contribution in [1.82, 2.24) is 15.3 Å². The molecule has 0 radical (unpaired) electrons. The number of nitrogens with one attached hydrogen (secondary N) is 1. The Morgan fingerprint density at radius 3 is 2.95 bits per heavy atom. The number of carbonyl (C=O) groups excluding carboxylic acids is 2. The summed E-state index contributed by atoms with van der Waals surface area (Å²) >= 11 is 0. The topological polar surface area (TPSA) is 98.0 Å². The molecule has 1 saturated heterocycles. The summed E-state index contributed by atoms with van der Waals surface area (Å²) in [6.07, 6.45) is 2.38. The number of anilines is 1. The number of carbonyl (C=O) groups is 2. The lowest BCUT2D eigenvalue weighted by molar-refractivity contribution is -0.134. The predicted molar refractivity (Wildman–Crippen MR) is 69.1 cm³/mol. The number of nitrogens with zero attached hydrogens (tertiary/aromatic N) is 2. The van der Waals surface area contributed by atoms with Crippen LogP contribution in [0.3, 0.4) is 0 Å². The van der Waals surface area contributed by atoms with Gasteiger partial charge in [-0.05, 0) is 18.6 Å². The second-order valence-electron chi connectivity index (χ2n) is 4.51. The van der Waals surface area contributed by atoms with Crippen molar-refractivity contribution in [2.75, 3.05) is 5.73 Å². The molecule has 0 bridgehead atoms. The molecule has 1 aliphatic rings. The molecule has 6 heteroatoms. The molecule has 1 aromatic carbocycles. The standard InChI is InChI=1S/C13H12N4O2/c14-9-2-1-3-10-8(9)6-15-12(16-10)7-4-5-11(18)17-13(7)19/h1-3,6-7H,4-5,14H2,(H,17,18,19). The third kappa shape index (κ3) is 2.01. The summed E-state index contributed by atoms with van der Waals surface area (Å²) < 4.78 is 0. The maximum atomic E-state index is 11.8. The first-order chi connectivity index (χ1) is 9.15. The highest BCUT2D eigenvalue weighted by Gasteiger charge is 2.30. The fourth-order valence-electron chi connectivity index (χ4n) is 2.20. The fraction of sp³-hybridized carbons (Fsp3) is 0.231. The van der Waals surface area contributed by atoms with Gasteiger partial charge in [-0.3, -0.25) is 14.9 Å². The lowest BCUT2D eigenvalue weighted by Gasteiger charge is -2.19. The number of piperidine rings is 1. The summed E-state index contributed by atoms with van der Waals surface area (Å²) in [5.41, 5.74) is 7.13. The molecule has 2 amide bonds. The molecule has 0 saturated carbocycles. The van der Waals surface area contributed by atoms with E-state index in [0.29, 0.717) is 29.9 Å². The van der Waals surface area contributed by atoms with Gasteiger partial charge >= 0.3 is 0 Å². The molecular weight excluding hydrogens is 244 g/mol. The van der Waals surface area contributed by atoms with Crippen LogP contribution in [0, 0.1) is 0 Å². The van der Waals surface area contributed by atoms with Crippen molar-refractivity contribution in [3.63, 3.8) is 0 Å². The highest BCUT2D eigenvalue weighted by molar-refractivity contribution is 6.00. The van der Waals surface area contributed by atoms with E-state index in [2.05, 4.69) is 15.3 Å². The van der Waals surface area contributed by atoms with Crippen molar-refractivity contribution < 1.29 is 9.59 Å². The van der Waals surface area contributed by atoms with E-state index in [1.807, 2.05) is 6.07 Å². The smallest absolute Gasteiger partial charge is 0.237 e. The molecule has 19 heavy (non-hydrogen) atoms. The van der Waals surface area contributed by atoms with Gasteiger partial charge < -0.3 is 5.73 Å². The molecule has 0 aliphatic carbocycles. The number of hydrogen-bond acceptors (Lipinski definition) is 5. The van der Waals surface area contributed by atoms with Crippen LogP contribution in [-0.4, -0.2) is 21.8 Å². The molecule has 1 aliphatic heterocycles. The first-order valence-corrected chi connectivity index (χ1v) is 6.00. The number of rotatable bonds is 1.